The number of aromatic nitrogens is 2. The second-order valence-electron chi connectivity index (χ2n) is 7.79. The largest absolute Gasteiger partial charge is 0.454 e. The van der Waals surface area contributed by atoms with Crippen LogP contribution in [0.4, 0.5) is 0 Å². The number of nitrogens with zero attached hydrogens (tertiary/aromatic N) is 2. The highest BCUT2D eigenvalue weighted by atomic mass is 16.7. The van der Waals surface area contributed by atoms with Crippen LogP contribution in [-0.2, 0) is 4.79 Å². The summed E-state index contributed by atoms with van der Waals surface area (Å²) in [5, 5.41) is 9.45. The lowest BCUT2D eigenvalue weighted by Crippen LogP contribution is -2.37. The summed E-state index contributed by atoms with van der Waals surface area (Å²) in [6.07, 6.45) is 0. The zero-order valence-electron chi connectivity index (χ0n) is 18.6. The van der Waals surface area contributed by atoms with Crippen LogP contribution in [-0.4, -0.2) is 41.8 Å². The topological polar surface area (TPSA) is 116 Å². The number of benzene rings is 3. The third-order valence-corrected chi connectivity index (χ3v) is 5.49. The molecule has 5 rings (SSSR count). The van der Waals surface area contributed by atoms with E-state index in [-0.39, 0.29) is 37.5 Å². The average Bonchev–Trinajstić information content (AvgIpc) is 3.57. The molecule has 176 valence electrons. The number of fused-ring (bicyclic) bond motifs is 1. The minimum atomic E-state index is -0.526. The van der Waals surface area contributed by atoms with Crippen molar-refractivity contribution in [3.05, 3.63) is 95.9 Å². The van der Waals surface area contributed by atoms with Crippen molar-refractivity contribution < 1.29 is 23.6 Å². The first kappa shape index (κ1) is 22.1. The maximum absolute atomic E-state index is 13.0. The van der Waals surface area contributed by atoms with Gasteiger partial charge in [0.15, 0.2) is 11.5 Å². The van der Waals surface area contributed by atoms with Gasteiger partial charge in [0.05, 0.1) is 5.92 Å². The third-order valence-electron chi connectivity index (χ3n) is 5.49. The average molecular weight is 470 g/mol. The maximum Gasteiger partial charge on any atom is 0.316 e. The Morgan fingerprint density at radius 1 is 0.829 bits per heavy atom. The molecule has 1 aliphatic heterocycles. The van der Waals surface area contributed by atoms with Crippen LogP contribution in [0.15, 0.2) is 83.4 Å². The molecule has 2 amide bonds. The van der Waals surface area contributed by atoms with Gasteiger partial charge in [0.2, 0.25) is 18.5 Å². The van der Waals surface area contributed by atoms with Gasteiger partial charge in [-0.15, -0.1) is 0 Å². The van der Waals surface area contributed by atoms with Crippen LogP contribution in [0, 0.1) is 0 Å². The smallest absolute Gasteiger partial charge is 0.316 e. The molecule has 0 saturated heterocycles. The van der Waals surface area contributed by atoms with Crippen LogP contribution >= 0.6 is 0 Å². The lowest BCUT2D eigenvalue weighted by molar-refractivity contribution is -0.121. The number of hydrogen-bond donors (Lipinski definition) is 2. The molecule has 9 heteroatoms. The molecule has 0 radical (unpaired) electrons. The van der Waals surface area contributed by atoms with Gasteiger partial charge in [-0.3, -0.25) is 9.59 Å². The summed E-state index contributed by atoms with van der Waals surface area (Å²) in [4.78, 5) is 29.6. The predicted octanol–water partition coefficient (Wildman–Crippen LogP) is 3.14. The summed E-state index contributed by atoms with van der Waals surface area (Å²) in [7, 11) is 0. The summed E-state index contributed by atoms with van der Waals surface area (Å²) in [5.41, 5.74) is 2.42. The van der Waals surface area contributed by atoms with Crippen molar-refractivity contribution in [2.75, 3.05) is 19.9 Å². The lowest BCUT2D eigenvalue weighted by atomic mass is 9.90. The minimum Gasteiger partial charge on any atom is -0.454 e. The van der Waals surface area contributed by atoms with E-state index in [0.717, 1.165) is 11.1 Å². The van der Waals surface area contributed by atoms with Gasteiger partial charge in [0.25, 0.3) is 0 Å². The Kier molecular flexibility index (Phi) is 6.38. The molecule has 3 aromatic carbocycles. The Hall–Kier alpha value is -4.66. The van der Waals surface area contributed by atoms with Gasteiger partial charge >= 0.3 is 11.8 Å². The molecule has 1 aliphatic rings. The number of ether oxygens (including phenoxy) is 2. The molecule has 0 atom stereocenters. The summed E-state index contributed by atoms with van der Waals surface area (Å²) in [5.74, 6) is 0.178. The van der Waals surface area contributed by atoms with E-state index >= 15 is 0 Å². The molecule has 9 nitrogen and oxygen atoms in total. The lowest BCUT2D eigenvalue weighted by Gasteiger charge is -2.18. The van der Waals surface area contributed by atoms with Gasteiger partial charge in [-0.25, -0.2) is 0 Å². The van der Waals surface area contributed by atoms with Crippen LogP contribution in [0.25, 0.3) is 11.4 Å². The Balaban J connectivity index is 1.17. The summed E-state index contributed by atoms with van der Waals surface area (Å²) < 4.78 is 15.7. The number of amides is 2. The van der Waals surface area contributed by atoms with E-state index < -0.39 is 11.8 Å². The highest BCUT2D eigenvalue weighted by molar-refractivity contribution is 5.90. The Morgan fingerprint density at radius 3 is 2.20 bits per heavy atom. The SMILES string of the molecule is O=C(NCCNC(=O)C(c1ccccc1)c1ccccc1)c1nc(-c2ccc3c(c2)OCO3)no1. The molecule has 0 fully saturated rings. The molecular formula is C26H22N4O5. The van der Waals surface area contributed by atoms with E-state index in [1.54, 1.807) is 18.2 Å². The van der Waals surface area contributed by atoms with Crippen LogP contribution in [0.5, 0.6) is 11.5 Å². The zero-order chi connectivity index (χ0) is 24.0. The zero-order valence-corrected chi connectivity index (χ0v) is 18.6. The van der Waals surface area contributed by atoms with Gasteiger partial charge in [0.1, 0.15) is 0 Å². The number of rotatable bonds is 8. The van der Waals surface area contributed by atoms with Gasteiger partial charge < -0.3 is 24.6 Å². The highest BCUT2D eigenvalue weighted by Crippen LogP contribution is 2.35. The Bertz CT molecular complexity index is 1280. The molecule has 2 heterocycles. The van der Waals surface area contributed by atoms with Crippen LogP contribution in [0.3, 0.4) is 0 Å². The number of carbonyl (C=O) groups is 2. The van der Waals surface area contributed by atoms with Crippen molar-refractivity contribution in [2.24, 2.45) is 0 Å². The number of hydrogen-bond acceptors (Lipinski definition) is 7. The summed E-state index contributed by atoms with van der Waals surface area (Å²) >= 11 is 0. The normalized spacial score (nSPS) is 11.9. The van der Waals surface area contributed by atoms with Crippen LogP contribution in [0.2, 0.25) is 0 Å². The molecule has 4 aromatic rings. The molecule has 35 heavy (non-hydrogen) atoms. The number of nitrogens with one attached hydrogen (secondary N) is 2. The second kappa shape index (κ2) is 10.1. The Morgan fingerprint density at radius 2 is 1.49 bits per heavy atom. The van der Waals surface area contributed by atoms with Crippen molar-refractivity contribution in [3.8, 4) is 22.9 Å². The molecule has 2 N–H and O–H groups in total. The fourth-order valence-corrected chi connectivity index (χ4v) is 3.79. The van der Waals surface area contributed by atoms with Crippen molar-refractivity contribution in [1.29, 1.82) is 0 Å². The molecule has 0 spiro atoms. The first-order valence-corrected chi connectivity index (χ1v) is 11.1. The second-order valence-corrected chi connectivity index (χ2v) is 7.79. The Labute approximate surface area is 201 Å². The van der Waals surface area contributed by atoms with Crippen molar-refractivity contribution in [2.45, 2.75) is 5.92 Å². The van der Waals surface area contributed by atoms with Gasteiger partial charge in [-0.2, -0.15) is 4.98 Å². The van der Waals surface area contributed by atoms with Gasteiger partial charge in [0, 0.05) is 18.7 Å². The van der Waals surface area contributed by atoms with E-state index in [9.17, 15) is 9.59 Å². The van der Waals surface area contributed by atoms with Gasteiger partial charge in [-0.05, 0) is 29.3 Å². The van der Waals surface area contributed by atoms with Crippen LogP contribution < -0.4 is 20.1 Å². The van der Waals surface area contributed by atoms with Gasteiger partial charge in [-0.1, -0.05) is 65.8 Å². The van der Waals surface area contributed by atoms with Crippen molar-refractivity contribution in [1.82, 2.24) is 20.8 Å². The van der Waals surface area contributed by atoms with Crippen LogP contribution in [0.1, 0.15) is 27.7 Å². The maximum atomic E-state index is 13.0. The molecule has 0 unspecified atom stereocenters. The summed E-state index contributed by atoms with van der Waals surface area (Å²) in [6.45, 7) is 0.596. The first-order chi connectivity index (χ1) is 17.2. The van der Waals surface area contributed by atoms with E-state index in [1.165, 1.54) is 0 Å². The van der Waals surface area contributed by atoms with E-state index in [1.807, 2.05) is 60.7 Å². The fraction of sp³-hybridized carbons (Fsp3) is 0.154. The van der Waals surface area contributed by atoms with Crippen molar-refractivity contribution in [3.63, 3.8) is 0 Å². The first-order valence-electron chi connectivity index (χ1n) is 11.1. The molecule has 1 aromatic heterocycles. The van der Waals surface area contributed by atoms with E-state index in [0.29, 0.717) is 17.1 Å². The molecular weight excluding hydrogens is 448 g/mol. The fourth-order valence-electron chi connectivity index (χ4n) is 3.79. The molecule has 0 saturated carbocycles. The highest BCUT2D eigenvalue weighted by Gasteiger charge is 2.23. The minimum absolute atomic E-state index is 0.153. The molecule has 0 aliphatic carbocycles. The monoisotopic (exact) mass is 470 g/mol. The predicted molar refractivity (Wildman–Crippen MR) is 126 cm³/mol. The number of carbonyl (C=O) groups excluding carboxylic acids is 2. The van der Waals surface area contributed by atoms with E-state index in [4.69, 9.17) is 14.0 Å². The summed E-state index contributed by atoms with van der Waals surface area (Å²) in [6, 6.07) is 24.4. The van der Waals surface area contributed by atoms with Crippen molar-refractivity contribution >= 4 is 11.8 Å². The molecule has 0 bridgehead atoms. The quantitative estimate of drug-likeness (QED) is 0.380. The third kappa shape index (κ3) is 4.98. The van der Waals surface area contributed by atoms with E-state index in [2.05, 4.69) is 20.8 Å². The standard InChI is InChI=1S/C26H22N4O5/c31-24(22(17-7-3-1-4-8-17)18-9-5-2-6-10-18)27-13-14-28-25(32)26-29-23(30-35-26)19-11-12-20-21(15-19)34-16-33-20/h1-12,15,22H,13-14,16H2,(H,27,31)(H,28,32).